The summed E-state index contributed by atoms with van der Waals surface area (Å²) in [4.78, 5) is 11.1. The normalized spacial score (nSPS) is 15.2. The molecule has 2 rings (SSSR count). The molecule has 1 nitrogen and oxygen atoms in total. The third-order valence-electron chi connectivity index (χ3n) is 1.98. The van der Waals surface area contributed by atoms with Crippen molar-refractivity contribution in [3.63, 3.8) is 0 Å². The van der Waals surface area contributed by atoms with Gasteiger partial charge in [-0.1, -0.05) is 29.3 Å². The van der Waals surface area contributed by atoms with Crippen molar-refractivity contribution in [1.82, 2.24) is 0 Å². The fourth-order valence-corrected chi connectivity index (χ4v) is 1.90. The van der Waals surface area contributed by atoms with Crippen LogP contribution in [-0.4, -0.2) is 5.78 Å². The van der Waals surface area contributed by atoms with E-state index in [1.54, 1.807) is 12.1 Å². The zero-order valence-electron chi connectivity index (χ0n) is 6.68. The van der Waals surface area contributed by atoms with Crippen molar-refractivity contribution in [2.75, 3.05) is 0 Å². The van der Waals surface area contributed by atoms with Crippen LogP contribution in [0.2, 0.25) is 5.02 Å². The van der Waals surface area contributed by atoms with Gasteiger partial charge in [-0.15, -0.1) is 0 Å². The largest absolute Gasteiger partial charge is 0.294 e. The van der Waals surface area contributed by atoms with Crippen LogP contribution in [0, 0.1) is 0 Å². The first-order valence-corrected chi connectivity index (χ1v) is 4.61. The molecule has 0 aromatic heterocycles. The van der Waals surface area contributed by atoms with Crippen LogP contribution in [0.4, 0.5) is 0 Å². The summed E-state index contributed by atoms with van der Waals surface area (Å²) in [5.41, 5.74) is 1.82. The quantitative estimate of drug-likeness (QED) is 0.647. The Morgan fingerprint density at radius 2 is 2.00 bits per heavy atom. The Hall–Kier alpha value is -0.790. The minimum absolute atomic E-state index is 0.0276. The minimum Gasteiger partial charge on any atom is -0.294 e. The predicted octanol–water partition coefficient (Wildman–Crippen LogP) is 3.04. The summed E-state index contributed by atoms with van der Waals surface area (Å²) < 4.78 is 0. The first kappa shape index (κ1) is 8.79. The van der Waals surface area contributed by atoms with E-state index in [1.165, 1.54) is 6.08 Å². The number of carbonyl (C=O) groups is 1. The standard InChI is InChI=1S/C10H6Cl2O/c11-7-1-2-9-6(3-7)4-8(13)5-10(9)12/h1-3,5H,4H2. The Balaban J connectivity index is 2.60. The van der Waals surface area contributed by atoms with Crippen LogP contribution in [0.5, 0.6) is 0 Å². The van der Waals surface area contributed by atoms with Gasteiger partial charge in [-0.3, -0.25) is 4.79 Å². The highest BCUT2D eigenvalue weighted by Crippen LogP contribution is 2.29. The van der Waals surface area contributed by atoms with Gasteiger partial charge >= 0.3 is 0 Å². The summed E-state index contributed by atoms with van der Waals surface area (Å²) in [7, 11) is 0. The summed E-state index contributed by atoms with van der Waals surface area (Å²) in [6.45, 7) is 0. The molecular formula is C10H6Cl2O. The van der Waals surface area contributed by atoms with E-state index in [0.29, 0.717) is 16.5 Å². The Bertz CT molecular complexity index is 407. The smallest absolute Gasteiger partial charge is 0.161 e. The van der Waals surface area contributed by atoms with Gasteiger partial charge in [0.1, 0.15) is 0 Å². The second-order valence-corrected chi connectivity index (χ2v) is 3.78. The van der Waals surface area contributed by atoms with Crippen molar-refractivity contribution >= 4 is 34.0 Å². The molecule has 0 atom stereocenters. The van der Waals surface area contributed by atoms with E-state index < -0.39 is 0 Å². The van der Waals surface area contributed by atoms with Crippen molar-refractivity contribution in [1.29, 1.82) is 0 Å². The Morgan fingerprint density at radius 1 is 1.23 bits per heavy atom. The van der Waals surface area contributed by atoms with E-state index in [1.807, 2.05) is 6.07 Å². The number of ketones is 1. The maximum Gasteiger partial charge on any atom is 0.161 e. The SMILES string of the molecule is O=C1C=C(Cl)c2ccc(Cl)cc2C1. The molecule has 0 amide bonds. The molecule has 1 aliphatic carbocycles. The van der Waals surface area contributed by atoms with Crippen LogP contribution in [0.25, 0.3) is 5.03 Å². The van der Waals surface area contributed by atoms with Crippen LogP contribution in [-0.2, 0) is 11.2 Å². The molecule has 0 heterocycles. The zero-order valence-corrected chi connectivity index (χ0v) is 8.19. The van der Waals surface area contributed by atoms with E-state index in [-0.39, 0.29) is 5.78 Å². The first-order valence-electron chi connectivity index (χ1n) is 3.85. The number of allylic oxidation sites excluding steroid dienone is 1. The van der Waals surface area contributed by atoms with Crippen molar-refractivity contribution < 1.29 is 4.79 Å². The number of hydrogen-bond donors (Lipinski definition) is 0. The topological polar surface area (TPSA) is 17.1 Å². The van der Waals surface area contributed by atoms with E-state index in [2.05, 4.69) is 0 Å². The first-order chi connectivity index (χ1) is 6.16. The summed E-state index contributed by atoms with van der Waals surface area (Å²) in [6.07, 6.45) is 1.85. The summed E-state index contributed by atoms with van der Waals surface area (Å²) in [5.74, 6) is 0.0276. The number of hydrogen-bond acceptors (Lipinski definition) is 1. The van der Waals surface area contributed by atoms with Crippen LogP contribution in [0.1, 0.15) is 11.1 Å². The molecule has 1 aromatic rings. The van der Waals surface area contributed by atoms with Crippen molar-refractivity contribution in [2.45, 2.75) is 6.42 Å². The molecule has 1 aromatic carbocycles. The van der Waals surface area contributed by atoms with Gasteiger partial charge in [-0.25, -0.2) is 0 Å². The lowest BCUT2D eigenvalue weighted by molar-refractivity contribution is -0.114. The number of benzene rings is 1. The fourth-order valence-electron chi connectivity index (χ4n) is 1.40. The van der Waals surface area contributed by atoms with E-state index in [4.69, 9.17) is 23.2 Å². The van der Waals surface area contributed by atoms with Crippen LogP contribution in [0.3, 0.4) is 0 Å². The van der Waals surface area contributed by atoms with Gasteiger partial charge in [0, 0.05) is 17.5 Å². The summed E-state index contributed by atoms with van der Waals surface area (Å²) in [5, 5.41) is 1.14. The lowest BCUT2D eigenvalue weighted by Gasteiger charge is -2.12. The van der Waals surface area contributed by atoms with E-state index >= 15 is 0 Å². The molecule has 13 heavy (non-hydrogen) atoms. The van der Waals surface area contributed by atoms with Gasteiger partial charge in [0.2, 0.25) is 0 Å². The molecule has 0 unspecified atom stereocenters. The third-order valence-corrected chi connectivity index (χ3v) is 2.52. The maximum atomic E-state index is 11.1. The molecule has 0 aliphatic heterocycles. The van der Waals surface area contributed by atoms with Gasteiger partial charge in [0.05, 0.1) is 5.03 Å². The molecule has 0 spiro atoms. The molecule has 0 saturated heterocycles. The van der Waals surface area contributed by atoms with Crippen LogP contribution in [0.15, 0.2) is 24.3 Å². The highest BCUT2D eigenvalue weighted by molar-refractivity contribution is 6.51. The van der Waals surface area contributed by atoms with E-state index in [0.717, 1.165) is 11.1 Å². The third kappa shape index (κ3) is 1.62. The van der Waals surface area contributed by atoms with Gasteiger partial charge in [-0.2, -0.15) is 0 Å². The highest BCUT2D eigenvalue weighted by atomic mass is 35.5. The second-order valence-electron chi connectivity index (χ2n) is 2.94. The number of fused-ring (bicyclic) bond motifs is 1. The van der Waals surface area contributed by atoms with Crippen molar-refractivity contribution in [3.8, 4) is 0 Å². The van der Waals surface area contributed by atoms with Gasteiger partial charge in [-0.05, 0) is 23.3 Å². The fraction of sp³-hybridized carbons (Fsp3) is 0.100. The molecule has 3 heteroatoms. The Morgan fingerprint density at radius 3 is 2.77 bits per heavy atom. The average molecular weight is 213 g/mol. The minimum atomic E-state index is 0.0276. The van der Waals surface area contributed by atoms with Crippen molar-refractivity contribution in [3.05, 3.63) is 40.4 Å². The number of rotatable bonds is 0. The molecule has 0 N–H and O–H groups in total. The zero-order chi connectivity index (χ0) is 9.42. The maximum absolute atomic E-state index is 11.1. The lowest BCUT2D eigenvalue weighted by atomic mass is 9.97. The Labute approximate surface area is 86.0 Å². The summed E-state index contributed by atoms with van der Waals surface area (Å²) >= 11 is 11.7. The second kappa shape index (κ2) is 3.17. The molecule has 0 fully saturated rings. The molecular weight excluding hydrogens is 207 g/mol. The lowest BCUT2D eigenvalue weighted by Crippen LogP contribution is -2.06. The summed E-state index contributed by atoms with van der Waals surface area (Å²) in [6, 6.07) is 5.39. The van der Waals surface area contributed by atoms with E-state index in [9.17, 15) is 4.79 Å². The van der Waals surface area contributed by atoms with Gasteiger partial charge < -0.3 is 0 Å². The highest BCUT2D eigenvalue weighted by Gasteiger charge is 2.15. The van der Waals surface area contributed by atoms with Crippen LogP contribution < -0.4 is 0 Å². The number of carbonyl (C=O) groups excluding carboxylic acids is 1. The molecule has 0 bridgehead atoms. The predicted molar refractivity (Wildman–Crippen MR) is 54.0 cm³/mol. The monoisotopic (exact) mass is 212 g/mol. The number of halogens is 2. The van der Waals surface area contributed by atoms with Crippen LogP contribution >= 0.6 is 23.2 Å². The molecule has 0 radical (unpaired) electrons. The van der Waals surface area contributed by atoms with Gasteiger partial charge in [0.25, 0.3) is 0 Å². The van der Waals surface area contributed by atoms with Gasteiger partial charge in [0.15, 0.2) is 5.78 Å². The Kier molecular flexibility index (Phi) is 2.14. The average Bonchev–Trinajstić information content (AvgIpc) is 2.02. The molecule has 66 valence electrons. The molecule has 0 saturated carbocycles. The van der Waals surface area contributed by atoms with Crippen molar-refractivity contribution in [2.24, 2.45) is 0 Å². The molecule has 1 aliphatic rings.